The van der Waals surface area contributed by atoms with Crippen molar-refractivity contribution in [1.82, 2.24) is 20.4 Å². The minimum absolute atomic E-state index is 0. The second-order valence-electron chi connectivity index (χ2n) is 5.40. The van der Waals surface area contributed by atoms with Gasteiger partial charge in [-0.2, -0.15) is 5.10 Å². The first-order valence-electron chi connectivity index (χ1n) is 7.39. The van der Waals surface area contributed by atoms with Crippen molar-refractivity contribution >= 4 is 36.5 Å². The molecule has 0 spiro atoms. The van der Waals surface area contributed by atoms with Crippen molar-refractivity contribution < 1.29 is 4.79 Å². The Kier molecular flexibility index (Phi) is 7.85. The zero-order valence-electron chi connectivity index (χ0n) is 12.5. The fraction of sp³-hybridized carbons (Fsp3) is 0.643. The first-order chi connectivity index (χ1) is 9.84. The minimum atomic E-state index is 0. The highest BCUT2D eigenvalue weighted by Gasteiger charge is 2.28. The predicted molar refractivity (Wildman–Crippen MR) is 91.0 cm³/mol. The van der Waals surface area contributed by atoms with Gasteiger partial charge in [0.05, 0.1) is 6.04 Å². The van der Waals surface area contributed by atoms with Gasteiger partial charge in [-0.25, -0.2) is 0 Å². The standard InChI is InChI=1S/C14H21N5O.2ClH/c20-14(12-4-1-2-6-15-12)19-10-8-18(9-11-19)13-5-3-7-16-17-13;;/h3,5,7,12,15H,1-2,4,6,8-11H2;2*1H/t12-;;/m1../s1. The van der Waals surface area contributed by atoms with Gasteiger partial charge in [0.15, 0.2) is 5.82 Å². The lowest BCUT2D eigenvalue weighted by Crippen LogP contribution is -2.55. The number of nitrogens with one attached hydrogen (secondary N) is 1. The van der Waals surface area contributed by atoms with E-state index in [1.165, 1.54) is 6.42 Å². The van der Waals surface area contributed by atoms with Gasteiger partial charge in [0.2, 0.25) is 5.91 Å². The third-order valence-electron chi connectivity index (χ3n) is 4.08. The zero-order chi connectivity index (χ0) is 13.8. The number of carbonyl (C=O) groups is 1. The molecule has 0 aliphatic carbocycles. The average Bonchev–Trinajstić information content (AvgIpc) is 2.56. The van der Waals surface area contributed by atoms with Crippen molar-refractivity contribution in [2.75, 3.05) is 37.6 Å². The van der Waals surface area contributed by atoms with Crippen LogP contribution in [0.15, 0.2) is 18.3 Å². The molecule has 0 radical (unpaired) electrons. The SMILES string of the molecule is Cl.Cl.O=C([C@H]1CCCCN1)N1CCN(c2cccnn2)CC1. The van der Waals surface area contributed by atoms with Crippen LogP contribution in [-0.4, -0.2) is 59.8 Å². The van der Waals surface area contributed by atoms with Crippen molar-refractivity contribution in [1.29, 1.82) is 0 Å². The third-order valence-corrected chi connectivity index (χ3v) is 4.08. The lowest BCUT2D eigenvalue weighted by atomic mass is 10.0. The molecule has 22 heavy (non-hydrogen) atoms. The van der Waals surface area contributed by atoms with Crippen molar-refractivity contribution in [2.45, 2.75) is 25.3 Å². The Morgan fingerprint density at radius 3 is 2.55 bits per heavy atom. The van der Waals surface area contributed by atoms with Gasteiger partial charge < -0.3 is 15.1 Å². The van der Waals surface area contributed by atoms with Crippen LogP contribution in [0.25, 0.3) is 0 Å². The maximum absolute atomic E-state index is 12.4. The number of anilines is 1. The summed E-state index contributed by atoms with van der Waals surface area (Å²) in [7, 11) is 0. The number of hydrogen-bond donors (Lipinski definition) is 1. The Labute approximate surface area is 143 Å². The van der Waals surface area contributed by atoms with Crippen LogP contribution < -0.4 is 10.2 Å². The van der Waals surface area contributed by atoms with Gasteiger partial charge in [0, 0.05) is 32.4 Å². The Hall–Kier alpha value is -1.11. The molecule has 2 aliphatic rings. The molecule has 1 N–H and O–H groups in total. The molecule has 1 aromatic rings. The number of amides is 1. The molecule has 1 atom stereocenters. The average molecular weight is 348 g/mol. The summed E-state index contributed by atoms with van der Waals surface area (Å²) in [6.07, 6.45) is 4.99. The highest BCUT2D eigenvalue weighted by atomic mass is 35.5. The van der Waals surface area contributed by atoms with Crippen molar-refractivity contribution in [3.8, 4) is 0 Å². The Morgan fingerprint density at radius 2 is 1.95 bits per heavy atom. The second-order valence-corrected chi connectivity index (χ2v) is 5.40. The predicted octanol–water partition coefficient (Wildman–Crippen LogP) is 1.11. The molecule has 3 rings (SSSR count). The van der Waals surface area contributed by atoms with Gasteiger partial charge in [-0.1, -0.05) is 6.42 Å². The van der Waals surface area contributed by atoms with Crippen LogP contribution in [0.2, 0.25) is 0 Å². The molecule has 1 aromatic heterocycles. The number of nitrogens with zero attached hydrogens (tertiary/aromatic N) is 4. The summed E-state index contributed by atoms with van der Waals surface area (Å²) in [5, 5.41) is 11.4. The molecule has 124 valence electrons. The van der Waals surface area contributed by atoms with Gasteiger partial charge in [0.25, 0.3) is 0 Å². The molecular weight excluding hydrogens is 325 g/mol. The number of carbonyl (C=O) groups excluding carboxylic acids is 1. The van der Waals surface area contributed by atoms with Crippen LogP contribution in [0.5, 0.6) is 0 Å². The maximum Gasteiger partial charge on any atom is 0.239 e. The Balaban J connectivity index is 0.00000121. The third kappa shape index (κ3) is 4.44. The first-order valence-corrected chi connectivity index (χ1v) is 7.39. The van der Waals surface area contributed by atoms with E-state index in [2.05, 4.69) is 20.4 Å². The Bertz CT molecular complexity index is 448. The number of piperazine rings is 1. The highest BCUT2D eigenvalue weighted by Crippen LogP contribution is 2.14. The summed E-state index contributed by atoms with van der Waals surface area (Å²) in [6, 6.07) is 3.89. The largest absolute Gasteiger partial charge is 0.352 e. The molecule has 2 fully saturated rings. The Morgan fingerprint density at radius 1 is 1.18 bits per heavy atom. The number of hydrogen-bond acceptors (Lipinski definition) is 5. The smallest absolute Gasteiger partial charge is 0.239 e. The molecule has 0 saturated carbocycles. The second kappa shape index (κ2) is 9.12. The van der Waals surface area contributed by atoms with Crippen molar-refractivity contribution in [2.24, 2.45) is 0 Å². The van der Waals surface area contributed by atoms with Crippen LogP contribution in [0.3, 0.4) is 0 Å². The fourth-order valence-corrected chi connectivity index (χ4v) is 2.90. The number of piperidine rings is 1. The van der Waals surface area contributed by atoms with Crippen LogP contribution in [0, 0.1) is 0 Å². The van der Waals surface area contributed by atoms with Crippen LogP contribution in [0.1, 0.15) is 19.3 Å². The number of aromatic nitrogens is 2. The van der Waals surface area contributed by atoms with Gasteiger partial charge in [-0.15, -0.1) is 29.9 Å². The lowest BCUT2D eigenvalue weighted by Gasteiger charge is -2.37. The van der Waals surface area contributed by atoms with Crippen LogP contribution >= 0.6 is 24.8 Å². The van der Waals surface area contributed by atoms with E-state index >= 15 is 0 Å². The minimum Gasteiger partial charge on any atom is -0.352 e. The summed E-state index contributed by atoms with van der Waals surface area (Å²) in [6.45, 7) is 4.17. The molecule has 0 unspecified atom stereocenters. The van der Waals surface area contributed by atoms with E-state index in [9.17, 15) is 4.79 Å². The first kappa shape index (κ1) is 18.9. The molecule has 2 saturated heterocycles. The van der Waals surface area contributed by atoms with Gasteiger partial charge in [-0.3, -0.25) is 4.79 Å². The molecule has 0 bridgehead atoms. The topological polar surface area (TPSA) is 61.4 Å². The van der Waals surface area contributed by atoms with Crippen LogP contribution in [-0.2, 0) is 4.79 Å². The summed E-state index contributed by atoms with van der Waals surface area (Å²) < 4.78 is 0. The van der Waals surface area contributed by atoms with E-state index in [-0.39, 0.29) is 36.8 Å². The molecule has 8 heteroatoms. The van der Waals surface area contributed by atoms with Gasteiger partial charge >= 0.3 is 0 Å². The quantitative estimate of drug-likeness (QED) is 0.868. The van der Waals surface area contributed by atoms with E-state index in [1.807, 2.05) is 17.0 Å². The molecule has 1 amide bonds. The normalized spacial score (nSPS) is 21.5. The number of rotatable bonds is 2. The van der Waals surface area contributed by atoms with Crippen molar-refractivity contribution in [3.63, 3.8) is 0 Å². The number of halogens is 2. The molecule has 0 aromatic carbocycles. The van der Waals surface area contributed by atoms with Gasteiger partial charge in [0.1, 0.15) is 0 Å². The summed E-state index contributed by atoms with van der Waals surface area (Å²) in [5.74, 6) is 1.17. The van der Waals surface area contributed by atoms with E-state index in [4.69, 9.17) is 0 Å². The fourth-order valence-electron chi connectivity index (χ4n) is 2.90. The molecule has 3 heterocycles. The summed E-state index contributed by atoms with van der Waals surface area (Å²) >= 11 is 0. The highest BCUT2D eigenvalue weighted by molar-refractivity contribution is 5.85. The van der Waals surface area contributed by atoms with E-state index < -0.39 is 0 Å². The van der Waals surface area contributed by atoms with E-state index in [0.29, 0.717) is 0 Å². The molecular formula is C14H23Cl2N5O. The van der Waals surface area contributed by atoms with Crippen LogP contribution in [0.4, 0.5) is 5.82 Å². The molecule has 6 nitrogen and oxygen atoms in total. The zero-order valence-corrected chi connectivity index (χ0v) is 14.1. The molecule has 2 aliphatic heterocycles. The maximum atomic E-state index is 12.4. The summed E-state index contributed by atoms with van der Waals surface area (Å²) in [5.41, 5.74) is 0. The van der Waals surface area contributed by atoms with E-state index in [0.717, 1.165) is 51.4 Å². The van der Waals surface area contributed by atoms with Gasteiger partial charge in [-0.05, 0) is 31.5 Å². The summed E-state index contributed by atoms with van der Waals surface area (Å²) in [4.78, 5) is 16.6. The monoisotopic (exact) mass is 347 g/mol. The lowest BCUT2D eigenvalue weighted by molar-refractivity contribution is -0.134. The van der Waals surface area contributed by atoms with E-state index in [1.54, 1.807) is 6.20 Å². The van der Waals surface area contributed by atoms with Crippen molar-refractivity contribution in [3.05, 3.63) is 18.3 Å².